The van der Waals surface area contributed by atoms with Crippen LogP contribution in [0.4, 0.5) is 5.69 Å². The molecule has 0 saturated carbocycles. The molecule has 0 atom stereocenters. The fourth-order valence-corrected chi connectivity index (χ4v) is 1.79. The van der Waals surface area contributed by atoms with Gasteiger partial charge in [0.25, 0.3) is 5.69 Å². The van der Waals surface area contributed by atoms with Gasteiger partial charge in [-0.2, -0.15) is 0 Å². The zero-order valence-corrected chi connectivity index (χ0v) is 10.2. The first-order chi connectivity index (χ1) is 8.49. The lowest BCUT2D eigenvalue weighted by Gasteiger charge is -2.09. The van der Waals surface area contributed by atoms with E-state index >= 15 is 0 Å². The van der Waals surface area contributed by atoms with Crippen molar-refractivity contribution in [1.82, 2.24) is 9.47 Å². The third-order valence-electron chi connectivity index (χ3n) is 2.61. The summed E-state index contributed by atoms with van der Waals surface area (Å²) in [7, 11) is 3.60. The van der Waals surface area contributed by atoms with E-state index in [0.29, 0.717) is 5.52 Å². The van der Waals surface area contributed by atoms with Crippen LogP contribution in [0, 0.1) is 10.1 Å². The second-order valence-corrected chi connectivity index (χ2v) is 4.32. The average molecular weight is 247 g/mol. The maximum absolute atomic E-state index is 12.0. The number of carbonyl (C=O) groups is 1. The number of rotatable bonds is 3. The van der Waals surface area contributed by atoms with Crippen LogP contribution in [0.5, 0.6) is 0 Å². The Bertz CT molecular complexity index is 616. The molecular formula is C12H13N3O3. The molecule has 1 aromatic heterocycles. The van der Waals surface area contributed by atoms with Crippen molar-refractivity contribution in [1.29, 1.82) is 0 Å². The van der Waals surface area contributed by atoms with E-state index < -0.39 is 4.92 Å². The molecule has 0 aliphatic rings. The molecule has 0 radical (unpaired) electrons. The van der Waals surface area contributed by atoms with Crippen molar-refractivity contribution in [3.63, 3.8) is 0 Å². The molecular weight excluding hydrogens is 234 g/mol. The van der Waals surface area contributed by atoms with Crippen molar-refractivity contribution >= 4 is 22.5 Å². The van der Waals surface area contributed by atoms with E-state index in [2.05, 4.69) is 0 Å². The van der Waals surface area contributed by atoms with Crippen LogP contribution < -0.4 is 0 Å². The number of nitro benzene ring substituents is 1. The summed E-state index contributed by atoms with van der Waals surface area (Å²) in [6, 6.07) is 6.27. The summed E-state index contributed by atoms with van der Waals surface area (Å²) >= 11 is 0. The normalized spacial score (nSPS) is 11.1. The van der Waals surface area contributed by atoms with Crippen LogP contribution in [-0.4, -0.2) is 40.9 Å². The van der Waals surface area contributed by atoms with Gasteiger partial charge in [-0.25, -0.2) is 0 Å². The first-order valence-electron chi connectivity index (χ1n) is 5.42. The third kappa shape index (κ3) is 2.23. The number of benzene rings is 1. The predicted octanol–water partition coefficient (Wildman–Crippen LogP) is 1.75. The molecule has 1 aromatic carbocycles. The van der Waals surface area contributed by atoms with Gasteiger partial charge in [0, 0.05) is 23.7 Å². The summed E-state index contributed by atoms with van der Waals surface area (Å²) < 4.78 is 1.45. The van der Waals surface area contributed by atoms with Gasteiger partial charge in [0.15, 0.2) is 0 Å². The van der Waals surface area contributed by atoms with Crippen LogP contribution in [0.25, 0.3) is 10.9 Å². The summed E-state index contributed by atoms with van der Waals surface area (Å²) in [5.74, 6) is -0.115. The van der Waals surface area contributed by atoms with Crippen molar-refractivity contribution in [2.45, 2.75) is 0 Å². The number of hydrogen-bond acceptors (Lipinski definition) is 4. The molecule has 2 rings (SSSR count). The molecule has 0 spiro atoms. The third-order valence-corrected chi connectivity index (χ3v) is 2.61. The Kier molecular flexibility index (Phi) is 3.12. The molecule has 6 nitrogen and oxygen atoms in total. The SMILES string of the molecule is CN(C)CC(=O)n1ccc2ccc([N+](=O)[O-])cc21. The van der Waals surface area contributed by atoms with Crippen molar-refractivity contribution < 1.29 is 9.72 Å². The van der Waals surface area contributed by atoms with Crippen LogP contribution in [0.1, 0.15) is 4.79 Å². The minimum Gasteiger partial charge on any atom is -0.301 e. The molecule has 2 aromatic rings. The van der Waals surface area contributed by atoms with Gasteiger partial charge >= 0.3 is 0 Å². The Morgan fingerprint density at radius 2 is 2.11 bits per heavy atom. The van der Waals surface area contributed by atoms with E-state index in [1.54, 1.807) is 37.3 Å². The van der Waals surface area contributed by atoms with Crippen molar-refractivity contribution in [2.75, 3.05) is 20.6 Å². The van der Waals surface area contributed by atoms with Gasteiger partial charge in [-0.05, 0) is 26.2 Å². The second-order valence-electron chi connectivity index (χ2n) is 4.32. The maximum atomic E-state index is 12.0. The van der Waals surface area contributed by atoms with Crippen molar-refractivity contribution in [2.24, 2.45) is 0 Å². The summed E-state index contributed by atoms with van der Waals surface area (Å²) in [5, 5.41) is 11.5. The highest BCUT2D eigenvalue weighted by Crippen LogP contribution is 2.21. The monoisotopic (exact) mass is 247 g/mol. The molecule has 6 heteroatoms. The standard InChI is InChI=1S/C12H13N3O3/c1-13(2)8-12(16)14-6-5-9-3-4-10(15(17)18)7-11(9)14/h3-7H,8H2,1-2H3. The van der Waals surface area contributed by atoms with E-state index in [1.165, 1.54) is 16.7 Å². The smallest absolute Gasteiger partial charge is 0.271 e. The van der Waals surface area contributed by atoms with Gasteiger partial charge in [-0.3, -0.25) is 19.5 Å². The number of fused-ring (bicyclic) bond motifs is 1. The number of nitro groups is 1. The number of likely N-dealkylation sites (N-methyl/N-ethyl adjacent to an activating group) is 1. The summed E-state index contributed by atoms with van der Waals surface area (Å²) in [4.78, 5) is 24.0. The number of nitrogens with zero attached hydrogens (tertiary/aromatic N) is 3. The number of aromatic nitrogens is 1. The molecule has 1 heterocycles. The van der Waals surface area contributed by atoms with Crippen LogP contribution in [0.3, 0.4) is 0 Å². The minimum absolute atomic E-state index is 0.0138. The van der Waals surface area contributed by atoms with Crippen LogP contribution in [0.2, 0.25) is 0 Å². The maximum Gasteiger partial charge on any atom is 0.271 e. The minimum atomic E-state index is -0.465. The van der Waals surface area contributed by atoms with Crippen LogP contribution in [-0.2, 0) is 0 Å². The van der Waals surface area contributed by atoms with E-state index in [4.69, 9.17) is 0 Å². The molecule has 94 valence electrons. The quantitative estimate of drug-likeness (QED) is 0.612. The average Bonchev–Trinajstić information content (AvgIpc) is 2.70. The molecule has 0 unspecified atom stereocenters. The topological polar surface area (TPSA) is 68.4 Å². The molecule has 0 aliphatic carbocycles. The highest BCUT2D eigenvalue weighted by atomic mass is 16.6. The molecule has 0 amide bonds. The number of non-ortho nitro benzene ring substituents is 1. The zero-order valence-electron chi connectivity index (χ0n) is 10.2. The Labute approximate surface area is 104 Å². The lowest BCUT2D eigenvalue weighted by Crippen LogP contribution is -2.25. The van der Waals surface area contributed by atoms with Gasteiger partial charge < -0.3 is 4.90 Å². The summed E-state index contributed by atoms with van der Waals surface area (Å²) in [6.07, 6.45) is 1.64. The molecule has 0 saturated heterocycles. The van der Waals surface area contributed by atoms with Gasteiger partial charge in [0.2, 0.25) is 5.91 Å². The molecule has 0 bridgehead atoms. The van der Waals surface area contributed by atoms with Crippen LogP contribution in [0.15, 0.2) is 30.5 Å². The van der Waals surface area contributed by atoms with E-state index in [1.807, 2.05) is 0 Å². The fraction of sp³-hybridized carbons (Fsp3) is 0.250. The largest absolute Gasteiger partial charge is 0.301 e. The lowest BCUT2D eigenvalue weighted by molar-refractivity contribution is -0.384. The van der Waals surface area contributed by atoms with Gasteiger partial charge in [-0.15, -0.1) is 0 Å². The summed E-state index contributed by atoms with van der Waals surface area (Å²) in [5.41, 5.74) is 0.552. The number of carbonyl (C=O) groups excluding carboxylic acids is 1. The Morgan fingerprint density at radius 1 is 1.39 bits per heavy atom. The molecule has 0 aliphatic heterocycles. The fourth-order valence-electron chi connectivity index (χ4n) is 1.79. The lowest BCUT2D eigenvalue weighted by atomic mass is 10.2. The van der Waals surface area contributed by atoms with Crippen molar-refractivity contribution in [3.05, 3.63) is 40.6 Å². The highest BCUT2D eigenvalue weighted by Gasteiger charge is 2.13. The Morgan fingerprint density at radius 3 is 2.72 bits per heavy atom. The number of hydrogen-bond donors (Lipinski definition) is 0. The van der Waals surface area contributed by atoms with E-state index in [0.717, 1.165) is 5.39 Å². The molecule has 18 heavy (non-hydrogen) atoms. The first kappa shape index (κ1) is 12.3. The van der Waals surface area contributed by atoms with Gasteiger partial charge in [0.05, 0.1) is 17.0 Å². The van der Waals surface area contributed by atoms with Gasteiger partial charge in [0.1, 0.15) is 0 Å². The molecule has 0 fully saturated rings. The van der Waals surface area contributed by atoms with Crippen molar-refractivity contribution in [3.8, 4) is 0 Å². The first-order valence-corrected chi connectivity index (χ1v) is 5.42. The van der Waals surface area contributed by atoms with E-state index in [9.17, 15) is 14.9 Å². The summed E-state index contributed by atoms with van der Waals surface area (Å²) in [6.45, 7) is 0.256. The second kappa shape index (κ2) is 4.58. The van der Waals surface area contributed by atoms with E-state index in [-0.39, 0.29) is 18.1 Å². The Balaban J connectivity index is 2.48. The highest BCUT2D eigenvalue weighted by molar-refractivity contribution is 5.94. The van der Waals surface area contributed by atoms with Gasteiger partial charge in [-0.1, -0.05) is 0 Å². The predicted molar refractivity (Wildman–Crippen MR) is 67.8 cm³/mol. The Hall–Kier alpha value is -2.21. The van der Waals surface area contributed by atoms with Crippen LogP contribution >= 0.6 is 0 Å². The molecule has 0 N–H and O–H groups in total. The zero-order chi connectivity index (χ0) is 13.3.